The number of benzene rings is 1. The molecule has 0 atom stereocenters. The molecule has 0 aliphatic heterocycles. The summed E-state index contributed by atoms with van der Waals surface area (Å²) in [5.74, 6) is 0.926. The van der Waals surface area contributed by atoms with Crippen LogP contribution in [-0.4, -0.2) is 9.55 Å². The predicted octanol–water partition coefficient (Wildman–Crippen LogP) is 2.53. The first-order chi connectivity index (χ1) is 6.68. The molecule has 0 amide bonds. The van der Waals surface area contributed by atoms with Crippen LogP contribution in [0.1, 0.15) is 5.82 Å². The van der Waals surface area contributed by atoms with Crippen LogP contribution in [0.3, 0.4) is 0 Å². The second-order valence-electron chi connectivity index (χ2n) is 3.05. The number of hydrogen-bond acceptors (Lipinski definition) is 2. The lowest BCUT2D eigenvalue weighted by Gasteiger charge is -2.08. The van der Waals surface area contributed by atoms with Crippen LogP contribution in [-0.2, 0) is 0 Å². The van der Waals surface area contributed by atoms with Gasteiger partial charge in [0.2, 0.25) is 0 Å². The maximum atomic E-state index is 5.88. The zero-order chi connectivity index (χ0) is 10.1. The Hall–Kier alpha value is -1.29. The zero-order valence-corrected chi connectivity index (χ0v) is 9.32. The van der Waals surface area contributed by atoms with Crippen LogP contribution < -0.4 is 5.73 Å². The van der Waals surface area contributed by atoms with Gasteiger partial charge in [0.15, 0.2) is 0 Å². The maximum absolute atomic E-state index is 5.88. The number of hydrogen-bond donors (Lipinski definition) is 1. The molecule has 0 unspecified atom stereocenters. The fourth-order valence-electron chi connectivity index (χ4n) is 1.36. The summed E-state index contributed by atoms with van der Waals surface area (Å²) in [6.45, 7) is 1.94. The van der Waals surface area contributed by atoms with Gasteiger partial charge in [-0.3, -0.25) is 0 Å². The Balaban J connectivity index is 2.62. The number of aromatic nitrogens is 2. The zero-order valence-electron chi connectivity index (χ0n) is 7.74. The summed E-state index contributed by atoms with van der Waals surface area (Å²) in [5, 5.41) is 0. The molecule has 72 valence electrons. The number of nitrogen functional groups attached to an aromatic ring is 1. The van der Waals surface area contributed by atoms with E-state index >= 15 is 0 Å². The first kappa shape index (κ1) is 9.27. The topological polar surface area (TPSA) is 43.8 Å². The van der Waals surface area contributed by atoms with Crippen molar-refractivity contribution in [1.82, 2.24) is 9.55 Å². The fourth-order valence-corrected chi connectivity index (χ4v) is 1.71. The van der Waals surface area contributed by atoms with Crippen LogP contribution in [0.25, 0.3) is 5.69 Å². The van der Waals surface area contributed by atoms with Crippen molar-refractivity contribution < 1.29 is 0 Å². The first-order valence-electron chi connectivity index (χ1n) is 4.24. The molecule has 0 aliphatic carbocycles. The van der Waals surface area contributed by atoms with Gasteiger partial charge in [0.25, 0.3) is 0 Å². The SMILES string of the molecule is Cc1nccn1-c1cc(Br)ccc1N. The minimum absolute atomic E-state index is 0.745. The van der Waals surface area contributed by atoms with E-state index in [9.17, 15) is 0 Å². The molecule has 0 saturated carbocycles. The monoisotopic (exact) mass is 251 g/mol. The minimum atomic E-state index is 0.745. The smallest absolute Gasteiger partial charge is 0.110 e. The number of aryl methyl sites for hydroxylation is 1. The summed E-state index contributed by atoms with van der Waals surface area (Å²) < 4.78 is 2.97. The molecule has 0 radical (unpaired) electrons. The van der Waals surface area contributed by atoms with Crippen LogP contribution in [0.15, 0.2) is 35.1 Å². The molecule has 0 spiro atoms. The Morgan fingerprint density at radius 2 is 2.21 bits per heavy atom. The Bertz CT molecular complexity index is 462. The lowest BCUT2D eigenvalue weighted by Crippen LogP contribution is -2.00. The van der Waals surface area contributed by atoms with Crippen molar-refractivity contribution in [3.05, 3.63) is 40.9 Å². The third-order valence-corrected chi connectivity index (χ3v) is 2.57. The third kappa shape index (κ3) is 1.53. The van der Waals surface area contributed by atoms with E-state index in [1.807, 2.05) is 35.9 Å². The van der Waals surface area contributed by atoms with Gasteiger partial charge in [-0.15, -0.1) is 0 Å². The van der Waals surface area contributed by atoms with Crippen LogP contribution >= 0.6 is 15.9 Å². The highest BCUT2D eigenvalue weighted by Crippen LogP contribution is 2.22. The van der Waals surface area contributed by atoms with E-state index in [0.29, 0.717) is 0 Å². The van der Waals surface area contributed by atoms with Crippen LogP contribution in [0.4, 0.5) is 5.69 Å². The van der Waals surface area contributed by atoms with Gasteiger partial charge in [0.05, 0.1) is 11.4 Å². The Labute approximate surface area is 90.7 Å². The van der Waals surface area contributed by atoms with Gasteiger partial charge < -0.3 is 10.3 Å². The van der Waals surface area contributed by atoms with Crippen molar-refractivity contribution in [3.8, 4) is 5.69 Å². The highest BCUT2D eigenvalue weighted by atomic mass is 79.9. The maximum Gasteiger partial charge on any atom is 0.110 e. The van der Waals surface area contributed by atoms with E-state index in [2.05, 4.69) is 20.9 Å². The number of anilines is 1. The Kier molecular flexibility index (Phi) is 2.29. The van der Waals surface area contributed by atoms with Crippen molar-refractivity contribution in [3.63, 3.8) is 0 Å². The van der Waals surface area contributed by atoms with Gasteiger partial charge in [-0.05, 0) is 25.1 Å². The predicted molar refractivity (Wildman–Crippen MR) is 60.4 cm³/mol. The van der Waals surface area contributed by atoms with Crippen molar-refractivity contribution >= 4 is 21.6 Å². The minimum Gasteiger partial charge on any atom is -0.397 e. The molecular formula is C10H10BrN3. The largest absolute Gasteiger partial charge is 0.397 e. The van der Waals surface area contributed by atoms with Gasteiger partial charge in [0, 0.05) is 16.9 Å². The summed E-state index contributed by atoms with van der Waals surface area (Å²) in [6, 6.07) is 5.77. The molecule has 2 N–H and O–H groups in total. The fraction of sp³-hybridized carbons (Fsp3) is 0.100. The standard InChI is InChI=1S/C10H10BrN3/c1-7-13-4-5-14(7)10-6-8(11)2-3-9(10)12/h2-6H,12H2,1H3. The highest BCUT2D eigenvalue weighted by Gasteiger charge is 2.04. The van der Waals surface area contributed by atoms with Crippen molar-refractivity contribution in [2.24, 2.45) is 0 Å². The van der Waals surface area contributed by atoms with Gasteiger partial charge in [-0.2, -0.15) is 0 Å². The molecule has 0 saturated heterocycles. The summed E-state index contributed by atoms with van der Waals surface area (Å²) in [6.07, 6.45) is 3.66. The molecule has 2 aromatic rings. The molecular weight excluding hydrogens is 242 g/mol. The number of nitrogens with zero attached hydrogens (tertiary/aromatic N) is 2. The normalized spacial score (nSPS) is 10.4. The molecule has 4 heteroatoms. The van der Waals surface area contributed by atoms with Crippen molar-refractivity contribution in [1.29, 1.82) is 0 Å². The number of halogens is 1. The second-order valence-corrected chi connectivity index (χ2v) is 3.96. The van der Waals surface area contributed by atoms with E-state index in [1.54, 1.807) is 6.20 Å². The van der Waals surface area contributed by atoms with Crippen LogP contribution in [0, 0.1) is 6.92 Å². The van der Waals surface area contributed by atoms with Gasteiger partial charge in [0.1, 0.15) is 5.82 Å². The molecule has 2 rings (SSSR count). The summed E-state index contributed by atoms with van der Waals surface area (Å²) in [7, 11) is 0. The number of nitrogens with two attached hydrogens (primary N) is 1. The second kappa shape index (κ2) is 3.46. The Morgan fingerprint density at radius 3 is 2.86 bits per heavy atom. The summed E-state index contributed by atoms with van der Waals surface area (Å²) in [5.41, 5.74) is 7.58. The molecule has 14 heavy (non-hydrogen) atoms. The summed E-state index contributed by atoms with van der Waals surface area (Å²) >= 11 is 3.42. The molecule has 1 aromatic heterocycles. The molecule has 1 aromatic carbocycles. The van der Waals surface area contributed by atoms with Gasteiger partial charge >= 0.3 is 0 Å². The van der Waals surface area contributed by atoms with Crippen LogP contribution in [0.5, 0.6) is 0 Å². The molecule has 1 heterocycles. The van der Waals surface area contributed by atoms with Gasteiger partial charge in [-0.25, -0.2) is 4.98 Å². The van der Waals surface area contributed by atoms with E-state index < -0.39 is 0 Å². The molecule has 3 nitrogen and oxygen atoms in total. The Morgan fingerprint density at radius 1 is 1.43 bits per heavy atom. The average molecular weight is 252 g/mol. The van der Waals surface area contributed by atoms with E-state index in [1.165, 1.54) is 0 Å². The number of imidazole rings is 1. The average Bonchev–Trinajstić information content (AvgIpc) is 2.56. The number of rotatable bonds is 1. The van der Waals surface area contributed by atoms with E-state index in [0.717, 1.165) is 21.7 Å². The van der Waals surface area contributed by atoms with Crippen LogP contribution in [0.2, 0.25) is 0 Å². The lowest BCUT2D eigenvalue weighted by molar-refractivity contribution is 0.976. The molecule has 0 fully saturated rings. The first-order valence-corrected chi connectivity index (χ1v) is 5.03. The lowest BCUT2D eigenvalue weighted by atomic mass is 10.2. The molecule has 0 bridgehead atoms. The van der Waals surface area contributed by atoms with Crippen molar-refractivity contribution in [2.75, 3.05) is 5.73 Å². The van der Waals surface area contributed by atoms with Crippen molar-refractivity contribution in [2.45, 2.75) is 6.92 Å². The van der Waals surface area contributed by atoms with E-state index in [-0.39, 0.29) is 0 Å². The van der Waals surface area contributed by atoms with E-state index in [4.69, 9.17) is 5.73 Å². The summed E-state index contributed by atoms with van der Waals surface area (Å²) in [4.78, 5) is 4.16. The molecule has 0 aliphatic rings. The van der Waals surface area contributed by atoms with Gasteiger partial charge in [-0.1, -0.05) is 15.9 Å². The quantitative estimate of drug-likeness (QED) is 0.792. The highest BCUT2D eigenvalue weighted by molar-refractivity contribution is 9.10. The third-order valence-electron chi connectivity index (χ3n) is 2.08.